The number of amides is 1. The third kappa shape index (κ3) is 15.0. The maximum Gasteiger partial charge on any atom is 0.214 e. The van der Waals surface area contributed by atoms with E-state index in [-0.39, 0.29) is 11.8 Å². The van der Waals surface area contributed by atoms with Crippen LogP contribution < -0.4 is 15.5 Å². The number of carbonyl (C=O) groups excluding carboxylic acids is 1. The highest BCUT2D eigenvalue weighted by molar-refractivity contribution is 5.81. The second kappa shape index (κ2) is 22.4. The second-order valence-electron chi connectivity index (χ2n) is 12.9. The van der Waals surface area contributed by atoms with Crippen molar-refractivity contribution in [3.63, 3.8) is 0 Å². The summed E-state index contributed by atoms with van der Waals surface area (Å²) < 4.78 is 15.4. The quantitative estimate of drug-likeness (QED) is 0.0611. The summed E-state index contributed by atoms with van der Waals surface area (Å²) in [5, 5.41) is 26.7. The van der Waals surface area contributed by atoms with Gasteiger partial charge in [0.15, 0.2) is 0 Å². The van der Waals surface area contributed by atoms with E-state index in [1.807, 2.05) is 65.9 Å². The van der Waals surface area contributed by atoms with Crippen LogP contribution in [0, 0.1) is 30.1 Å². The molecular formula is C38H65FN6O2. The highest BCUT2D eigenvalue weighted by Crippen LogP contribution is 2.36. The van der Waals surface area contributed by atoms with Crippen molar-refractivity contribution in [2.45, 2.75) is 120 Å². The molecule has 0 radical (unpaired) electrons. The van der Waals surface area contributed by atoms with E-state index in [9.17, 15) is 15.2 Å². The number of amidine groups is 1. The number of aliphatic imine (C=N–C) groups is 1. The highest BCUT2D eigenvalue weighted by Gasteiger charge is 2.44. The number of hydrogen-bond donors (Lipinski definition) is 3. The number of piperidine rings is 1. The van der Waals surface area contributed by atoms with E-state index < -0.39 is 11.3 Å². The fourth-order valence-electron chi connectivity index (χ4n) is 4.90. The topological polar surface area (TPSA) is 104 Å². The Morgan fingerprint density at radius 3 is 2.38 bits per heavy atom. The van der Waals surface area contributed by atoms with Gasteiger partial charge in [-0.25, -0.2) is 9.38 Å². The highest BCUT2D eigenvalue weighted by atomic mass is 19.1. The van der Waals surface area contributed by atoms with E-state index in [0.717, 1.165) is 42.0 Å². The van der Waals surface area contributed by atoms with E-state index in [1.165, 1.54) is 12.8 Å². The Morgan fingerprint density at radius 1 is 1.23 bits per heavy atom. The molecule has 0 spiro atoms. The van der Waals surface area contributed by atoms with Gasteiger partial charge in [-0.05, 0) is 72.2 Å². The van der Waals surface area contributed by atoms with Crippen LogP contribution in [-0.2, 0) is 4.79 Å². The van der Waals surface area contributed by atoms with Gasteiger partial charge in [-0.1, -0.05) is 72.9 Å². The minimum Gasteiger partial charge on any atom is -0.390 e. The Bertz CT molecular complexity index is 1190. The van der Waals surface area contributed by atoms with Crippen LogP contribution in [0.5, 0.6) is 0 Å². The Labute approximate surface area is 286 Å². The molecule has 0 aliphatic carbocycles. The van der Waals surface area contributed by atoms with Crippen molar-refractivity contribution in [2.24, 2.45) is 16.8 Å². The smallest absolute Gasteiger partial charge is 0.214 e. The number of hydrogen-bond acceptors (Lipinski definition) is 6. The van der Waals surface area contributed by atoms with Gasteiger partial charge in [0, 0.05) is 55.6 Å². The van der Waals surface area contributed by atoms with Crippen molar-refractivity contribution in [3.8, 4) is 6.07 Å². The third-order valence-electron chi connectivity index (χ3n) is 8.42. The Morgan fingerprint density at radius 2 is 1.87 bits per heavy atom. The summed E-state index contributed by atoms with van der Waals surface area (Å²) in [7, 11) is 1.84. The van der Waals surface area contributed by atoms with E-state index in [1.54, 1.807) is 31.9 Å². The number of halogens is 1. The monoisotopic (exact) mass is 657 g/mol. The van der Waals surface area contributed by atoms with E-state index in [4.69, 9.17) is 0 Å². The number of aryl methyl sites for hydroxylation is 1. The van der Waals surface area contributed by atoms with Gasteiger partial charge in [0.25, 0.3) is 0 Å². The zero-order valence-corrected chi connectivity index (χ0v) is 31.5. The maximum absolute atomic E-state index is 15.4. The number of nitriles is 1. The molecule has 0 bridgehead atoms. The molecule has 1 aromatic carbocycles. The SMILES string of the molecule is CC.CCC/C=C(Nc1ccc(C)c(N(C=O)CCC(C)(C)O)c1)/C(C#N)=C\N=C(C)N1CC(C)C(C)(F)C(CNC)C1.CCCC. The summed E-state index contributed by atoms with van der Waals surface area (Å²) in [6, 6.07) is 7.99. The van der Waals surface area contributed by atoms with Crippen molar-refractivity contribution >= 4 is 23.6 Å². The first-order valence-electron chi connectivity index (χ1n) is 17.4. The number of aliphatic hydroxyl groups is 1. The van der Waals surface area contributed by atoms with Crippen LogP contribution in [0.4, 0.5) is 15.8 Å². The van der Waals surface area contributed by atoms with Gasteiger partial charge in [-0.2, -0.15) is 5.26 Å². The molecule has 1 amide bonds. The number of nitrogens with zero attached hydrogens (tertiary/aromatic N) is 4. The van der Waals surface area contributed by atoms with Crippen molar-refractivity contribution in [2.75, 3.05) is 43.4 Å². The number of anilines is 2. The van der Waals surface area contributed by atoms with Crippen molar-refractivity contribution in [1.82, 2.24) is 10.2 Å². The third-order valence-corrected chi connectivity index (χ3v) is 8.42. The average Bonchev–Trinajstić information content (AvgIpc) is 3.04. The van der Waals surface area contributed by atoms with Crippen molar-refractivity contribution < 1.29 is 14.3 Å². The molecule has 47 heavy (non-hydrogen) atoms. The standard InChI is InChI=1S/C32H49FN6O2.C4H10.C2H6/c1-9-10-11-29(37-28-13-12-23(2)30(16-28)38(22-40)15-14-31(5,6)41)26(17-34)18-36-25(4)39-20-24(3)32(7,33)27(21-39)19-35-8;1-3-4-2;1-2/h11-13,16,18,22,24,27,35,37,41H,9-10,14-15,19-21H2,1-8H3;3-4H2,1-2H3;1-2H3/b26-18-,29-11-,36-25?;;. The number of unbranched alkanes of at least 4 members (excludes halogenated alkanes) is 2. The lowest BCUT2D eigenvalue weighted by Gasteiger charge is -2.46. The fraction of sp³-hybridized carbons (Fsp3) is 0.658. The van der Waals surface area contributed by atoms with Crippen LogP contribution >= 0.6 is 0 Å². The largest absolute Gasteiger partial charge is 0.390 e. The van der Waals surface area contributed by atoms with Crippen LogP contribution in [0.15, 0.2) is 46.7 Å². The number of nitrogens with one attached hydrogen (secondary N) is 2. The molecule has 1 aliphatic heterocycles. The lowest BCUT2D eigenvalue weighted by Crippen LogP contribution is -2.56. The molecule has 1 fully saturated rings. The summed E-state index contributed by atoms with van der Waals surface area (Å²) in [5.41, 5.74) is 1.23. The lowest BCUT2D eigenvalue weighted by molar-refractivity contribution is -0.107. The lowest BCUT2D eigenvalue weighted by atomic mass is 9.77. The first kappa shape index (κ1) is 43.8. The van der Waals surface area contributed by atoms with E-state index in [2.05, 4.69) is 47.4 Å². The number of alkyl halides is 1. The minimum absolute atomic E-state index is 0.161. The van der Waals surface area contributed by atoms with Crippen LogP contribution in [0.25, 0.3) is 0 Å². The first-order chi connectivity index (χ1) is 22.2. The van der Waals surface area contributed by atoms with E-state index >= 15 is 4.39 Å². The van der Waals surface area contributed by atoms with Gasteiger partial charge < -0.3 is 25.5 Å². The Balaban J connectivity index is 0.00000326. The van der Waals surface area contributed by atoms with Gasteiger partial charge in [-0.15, -0.1) is 0 Å². The van der Waals surface area contributed by atoms with Crippen LogP contribution in [0.3, 0.4) is 0 Å². The molecule has 1 heterocycles. The number of rotatable bonds is 14. The van der Waals surface area contributed by atoms with Crippen LogP contribution in [-0.4, -0.2) is 66.7 Å². The molecule has 1 saturated heterocycles. The molecule has 8 nitrogen and oxygen atoms in total. The van der Waals surface area contributed by atoms with Gasteiger partial charge >= 0.3 is 0 Å². The maximum atomic E-state index is 15.4. The minimum atomic E-state index is -1.27. The zero-order valence-electron chi connectivity index (χ0n) is 31.5. The number of allylic oxidation sites excluding steroid dienone is 2. The summed E-state index contributed by atoms with van der Waals surface area (Å²) in [4.78, 5) is 20.2. The average molecular weight is 657 g/mol. The molecular weight excluding hydrogens is 591 g/mol. The molecule has 1 aromatic rings. The molecule has 2 rings (SSSR count). The summed E-state index contributed by atoms with van der Waals surface area (Å²) in [5.74, 6) is 0.403. The molecule has 9 heteroatoms. The Hall–Kier alpha value is -3.22. The zero-order chi connectivity index (χ0) is 36.2. The van der Waals surface area contributed by atoms with E-state index in [0.29, 0.717) is 43.9 Å². The second-order valence-corrected chi connectivity index (χ2v) is 12.9. The van der Waals surface area contributed by atoms with Crippen molar-refractivity contribution in [3.05, 3.63) is 47.3 Å². The number of carbonyl (C=O) groups is 1. The molecule has 3 unspecified atom stereocenters. The van der Waals surface area contributed by atoms with Crippen molar-refractivity contribution in [1.29, 1.82) is 5.26 Å². The van der Waals surface area contributed by atoms with Gasteiger partial charge in [-0.3, -0.25) is 4.79 Å². The predicted molar refractivity (Wildman–Crippen MR) is 199 cm³/mol. The van der Waals surface area contributed by atoms with Crippen LogP contribution in [0.2, 0.25) is 0 Å². The number of benzene rings is 1. The van der Waals surface area contributed by atoms with Gasteiger partial charge in [0.1, 0.15) is 17.6 Å². The normalized spacial score (nSPS) is 20.3. The van der Waals surface area contributed by atoms with Gasteiger partial charge in [0.2, 0.25) is 6.41 Å². The Kier molecular flexibility index (Phi) is 20.8. The fourth-order valence-corrected chi connectivity index (χ4v) is 4.90. The molecule has 0 aromatic heterocycles. The van der Waals surface area contributed by atoms with Gasteiger partial charge in [0.05, 0.1) is 16.9 Å². The van der Waals surface area contributed by atoms with Crippen LogP contribution in [0.1, 0.15) is 107 Å². The molecule has 3 N–H and O–H groups in total. The summed E-state index contributed by atoms with van der Waals surface area (Å²) in [6.07, 6.45) is 9.06. The molecule has 3 atom stereocenters. The molecule has 0 saturated carbocycles. The number of likely N-dealkylation sites (tertiary alicyclic amines) is 1. The molecule has 266 valence electrons. The predicted octanol–water partition coefficient (Wildman–Crippen LogP) is 8.39. The summed E-state index contributed by atoms with van der Waals surface area (Å²) in [6.45, 7) is 23.4. The summed E-state index contributed by atoms with van der Waals surface area (Å²) >= 11 is 0. The first-order valence-corrected chi connectivity index (χ1v) is 17.4. The molecule has 1 aliphatic rings.